The molecule has 1 N–H and O–H groups in total. The highest BCUT2D eigenvalue weighted by Gasteiger charge is 2.19. The Hall–Kier alpha value is -0.970. The van der Waals surface area contributed by atoms with Gasteiger partial charge >= 0.3 is 0 Å². The van der Waals surface area contributed by atoms with E-state index in [0.717, 1.165) is 6.54 Å². The van der Waals surface area contributed by atoms with Crippen LogP contribution in [0.4, 0.5) is 0 Å². The number of carbonyl (C=O) groups excluding carboxylic acids is 1. The zero-order chi connectivity index (χ0) is 12.1. The normalized spacial score (nSPS) is 14.8. The van der Waals surface area contributed by atoms with Crippen molar-refractivity contribution >= 4 is 18.5 Å². The van der Waals surface area contributed by atoms with Gasteiger partial charge in [0.05, 0.1) is 11.6 Å². The first kappa shape index (κ1) is 13.1. The van der Waals surface area contributed by atoms with Gasteiger partial charge in [0.15, 0.2) is 0 Å². The van der Waals surface area contributed by atoms with E-state index in [1.165, 1.54) is 0 Å². The van der Waals surface area contributed by atoms with Crippen LogP contribution in [-0.2, 0) is 11.3 Å². The fourth-order valence-corrected chi connectivity index (χ4v) is 1.46. The standard InChI is InChI=1S/C11H19N3OS/c1-8(2)10(16)11(15)13-9(3)6-14-5-4-12-7-14/h4-5,7-10,16H,6H2,1-3H3,(H,13,15). The summed E-state index contributed by atoms with van der Waals surface area (Å²) in [6, 6.07) is 0.0788. The largest absolute Gasteiger partial charge is 0.351 e. The summed E-state index contributed by atoms with van der Waals surface area (Å²) in [7, 11) is 0. The van der Waals surface area contributed by atoms with Crippen molar-refractivity contribution in [2.45, 2.75) is 38.6 Å². The third-order valence-corrected chi connectivity index (χ3v) is 3.16. The van der Waals surface area contributed by atoms with Crippen molar-refractivity contribution < 1.29 is 4.79 Å². The number of carbonyl (C=O) groups is 1. The molecular formula is C11H19N3OS. The monoisotopic (exact) mass is 241 g/mol. The van der Waals surface area contributed by atoms with Crippen molar-refractivity contribution in [2.24, 2.45) is 5.92 Å². The van der Waals surface area contributed by atoms with E-state index in [9.17, 15) is 4.79 Å². The Labute approximate surface area is 102 Å². The van der Waals surface area contributed by atoms with Crippen LogP contribution in [0.3, 0.4) is 0 Å². The van der Waals surface area contributed by atoms with Crippen LogP contribution in [0.5, 0.6) is 0 Å². The van der Waals surface area contributed by atoms with Crippen LogP contribution < -0.4 is 5.32 Å². The van der Waals surface area contributed by atoms with Crippen LogP contribution in [-0.4, -0.2) is 26.8 Å². The Bertz CT molecular complexity index is 324. The molecule has 1 heterocycles. The molecule has 2 atom stereocenters. The fraction of sp³-hybridized carbons (Fsp3) is 0.636. The van der Waals surface area contributed by atoms with Crippen LogP contribution in [0.25, 0.3) is 0 Å². The molecular weight excluding hydrogens is 222 g/mol. The van der Waals surface area contributed by atoms with Gasteiger partial charge in [-0.3, -0.25) is 4.79 Å². The van der Waals surface area contributed by atoms with Crippen molar-refractivity contribution in [3.8, 4) is 0 Å². The molecule has 0 radical (unpaired) electrons. The van der Waals surface area contributed by atoms with Gasteiger partial charge in [0, 0.05) is 25.0 Å². The summed E-state index contributed by atoms with van der Waals surface area (Å²) in [5, 5.41) is 2.69. The quantitative estimate of drug-likeness (QED) is 0.764. The first-order valence-corrected chi connectivity index (χ1v) is 5.96. The summed E-state index contributed by atoms with van der Waals surface area (Å²) in [6.07, 6.45) is 5.34. The second-order valence-corrected chi connectivity index (χ2v) is 4.91. The highest BCUT2D eigenvalue weighted by atomic mass is 32.1. The molecule has 0 aliphatic heterocycles. The highest BCUT2D eigenvalue weighted by molar-refractivity contribution is 7.81. The van der Waals surface area contributed by atoms with Gasteiger partial charge in [-0.2, -0.15) is 12.6 Å². The number of hydrogen-bond acceptors (Lipinski definition) is 3. The first-order valence-electron chi connectivity index (χ1n) is 5.45. The SMILES string of the molecule is CC(Cn1ccnc1)NC(=O)C(S)C(C)C. The molecule has 5 heteroatoms. The summed E-state index contributed by atoms with van der Waals surface area (Å²) >= 11 is 4.28. The number of nitrogens with zero attached hydrogens (tertiary/aromatic N) is 2. The van der Waals surface area contributed by atoms with E-state index in [4.69, 9.17) is 0 Å². The van der Waals surface area contributed by atoms with Gasteiger partial charge in [0.2, 0.25) is 5.91 Å². The molecule has 2 unspecified atom stereocenters. The molecule has 1 amide bonds. The zero-order valence-corrected chi connectivity index (χ0v) is 10.8. The molecule has 0 bridgehead atoms. The van der Waals surface area contributed by atoms with Crippen molar-refractivity contribution in [1.82, 2.24) is 14.9 Å². The Balaban J connectivity index is 2.39. The maximum absolute atomic E-state index is 11.7. The topological polar surface area (TPSA) is 46.9 Å². The molecule has 0 aliphatic rings. The van der Waals surface area contributed by atoms with Crippen molar-refractivity contribution in [1.29, 1.82) is 0 Å². The lowest BCUT2D eigenvalue weighted by molar-refractivity contribution is -0.121. The maximum atomic E-state index is 11.7. The van der Waals surface area contributed by atoms with Crippen molar-refractivity contribution in [2.75, 3.05) is 0 Å². The third kappa shape index (κ3) is 3.89. The molecule has 1 aromatic heterocycles. The van der Waals surface area contributed by atoms with Gasteiger partial charge < -0.3 is 9.88 Å². The van der Waals surface area contributed by atoms with E-state index >= 15 is 0 Å². The molecule has 4 nitrogen and oxygen atoms in total. The third-order valence-electron chi connectivity index (χ3n) is 2.33. The number of nitrogens with one attached hydrogen (secondary N) is 1. The Morgan fingerprint density at radius 1 is 1.50 bits per heavy atom. The summed E-state index contributed by atoms with van der Waals surface area (Å²) in [5.41, 5.74) is 0. The minimum absolute atomic E-state index is 0.00838. The lowest BCUT2D eigenvalue weighted by atomic mass is 10.1. The predicted octanol–water partition coefficient (Wildman–Crippen LogP) is 1.34. The van der Waals surface area contributed by atoms with E-state index in [1.807, 2.05) is 31.5 Å². The van der Waals surface area contributed by atoms with Gasteiger partial charge in [-0.1, -0.05) is 13.8 Å². The van der Waals surface area contributed by atoms with Crippen LogP contribution in [0.2, 0.25) is 0 Å². The molecule has 0 fully saturated rings. The van der Waals surface area contributed by atoms with Gasteiger partial charge in [-0.25, -0.2) is 4.98 Å². The molecule has 0 saturated heterocycles. The van der Waals surface area contributed by atoms with E-state index in [0.29, 0.717) is 0 Å². The second kappa shape index (κ2) is 5.94. The predicted molar refractivity (Wildman–Crippen MR) is 67.4 cm³/mol. The Morgan fingerprint density at radius 3 is 2.69 bits per heavy atom. The number of imidazole rings is 1. The summed E-state index contributed by atoms with van der Waals surface area (Å²) in [6.45, 7) is 6.67. The molecule has 1 aromatic rings. The fourth-order valence-electron chi connectivity index (χ4n) is 1.39. The minimum Gasteiger partial charge on any atom is -0.351 e. The molecule has 16 heavy (non-hydrogen) atoms. The highest BCUT2D eigenvalue weighted by Crippen LogP contribution is 2.09. The first-order chi connectivity index (χ1) is 7.50. The minimum atomic E-state index is -0.245. The summed E-state index contributed by atoms with van der Waals surface area (Å²) in [4.78, 5) is 15.7. The Morgan fingerprint density at radius 2 is 2.19 bits per heavy atom. The number of aromatic nitrogens is 2. The molecule has 0 aromatic carbocycles. The molecule has 90 valence electrons. The van der Waals surface area contributed by atoms with Crippen LogP contribution in [0.1, 0.15) is 20.8 Å². The van der Waals surface area contributed by atoms with Gasteiger partial charge in [-0.15, -0.1) is 0 Å². The maximum Gasteiger partial charge on any atom is 0.233 e. The second-order valence-electron chi connectivity index (χ2n) is 4.36. The molecule has 0 spiro atoms. The summed E-state index contributed by atoms with van der Waals surface area (Å²) < 4.78 is 1.94. The van der Waals surface area contributed by atoms with Crippen LogP contribution >= 0.6 is 12.6 Å². The van der Waals surface area contributed by atoms with Crippen LogP contribution in [0, 0.1) is 5.92 Å². The molecule has 1 rings (SSSR count). The van der Waals surface area contributed by atoms with Gasteiger partial charge in [0.1, 0.15) is 0 Å². The van der Waals surface area contributed by atoms with Crippen LogP contribution in [0.15, 0.2) is 18.7 Å². The van der Waals surface area contributed by atoms with E-state index in [1.54, 1.807) is 12.5 Å². The molecule has 0 aliphatic carbocycles. The summed E-state index contributed by atoms with van der Waals surface area (Å²) in [5.74, 6) is 0.231. The van der Waals surface area contributed by atoms with Crippen molar-refractivity contribution in [3.05, 3.63) is 18.7 Å². The van der Waals surface area contributed by atoms with Gasteiger partial charge in [-0.05, 0) is 12.8 Å². The lowest BCUT2D eigenvalue weighted by Crippen LogP contribution is -2.41. The van der Waals surface area contributed by atoms with E-state index in [2.05, 4.69) is 22.9 Å². The number of thiol groups is 1. The average Bonchev–Trinajstić information content (AvgIpc) is 2.68. The van der Waals surface area contributed by atoms with Gasteiger partial charge in [0.25, 0.3) is 0 Å². The van der Waals surface area contributed by atoms with E-state index in [-0.39, 0.29) is 23.1 Å². The van der Waals surface area contributed by atoms with Crippen molar-refractivity contribution in [3.63, 3.8) is 0 Å². The number of hydrogen-bond donors (Lipinski definition) is 2. The molecule has 0 saturated carbocycles. The average molecular weight is 241 g/mol. The smallest absolute Gasteiger partial charge is 0.233 e. The van der Waals surface area contributed by atoms with E-state index < -0.39 is 0 Å². The number of rotatable bonds is 5. The zero-order valence-electron chi connectivity index (χ0n) is 9.92. The Kier molecular flexibility index (Phi) is 4.86. The number of amides is 1. The lowest BCUT2D eigenvalue weighted by Gasteiger charge is -2.19.